The summed E-state index contributed by atoms with van der Waals surface area (Å²) >= 11 is 3.83. The van der Waals surface area contributed by atoms with Gasteiger partial charge in [0, 0.05) is 4.83 Å². The van der Waals surface area contributed by atoms with E-state index in [2.05, 4.69) is 81.7 Å². The van der Waals surface area contributed by atoms with Gasteiger partial charge in [-0.1, -0.05) is 81.7 Å². The number of hydrogen-bond donors (Lipinski definition) is 0. The molecule has 2 atom stereocenters. The van der Waals surface area contributed by atoms with Crippen LogP contribution in [0.2, 0.25) is 0 Å². The van der Waals surface area contributed by atoms with Gasteiger partial charge in [-0.15, -0.1) is 0 Å². The molecule has 0 saturated heterocycles. The fraction of sp³-hybridized carbons (Fsp3) is 0.625. The van der Waals surface area contributed by atoms with Crippen LogP contribution in [0.1, 0.15) is 57.5 Å². The molecule has 1 aromatic rings. The van der Waals surface area contributed by atoms with E-state index >= 15 is 0 Å². The van der Waals surface area contributed by atoms with Crippen LogP contribution >= 0.6 is 15.9 Å². The fourth-order valence-electron chi connectivity index (χ4n) is 1.81. The smallest absolute Gasteiger partial charge is 0.0423 e. The lowest BCUT2D eigenvalue weighted by atomic mass is 9.85. The highest BCUT2D eigenvalue weighted by Gasteiger charge is 2.20. The molecule has 0 aliphatic rings. The first-order valence-corrected chi connectivity index (χ1v) is 7.39. The van der Waals surface area contributed by atoms with E-state index in [9.17, 15) is 0 Å². The van der Waals surface area contributed by atoms with Crippen molar-refractivity contribution in [2.24, 2.45) is 11.8 Å². The van der Waals surface area contributed by atoms with Gasteiger partial charge in [0.05, 0.1) is 0 Å². The van der Waals surface area contributed by atoms with Crippen molar-refractivity contribution in [3.63, 3.8) is 0 Å². The van der Waals surface area contributed by atoms with Crippen molar-refractivity contribution in [2.45, 2.75) is 51.8 Å². The largest absolute Gasteiger partial charge is 0.0836 e. The molecule has 0 bridgehead atoms. The van der Waals surface area contributed by atoms with Crippen LogP contribution in [0.3, 0.4) is 0 Å². The van der Waals surface area contributed by atoms with Crippen LogP contribution in [0.5, 0.6) is 0 Å². The van der Waals surface area contributed by atoms with E-state index in [0.29, 0.717) is 16.7 Å². The van der Waals surface area contributed by atoms with Gasteiger partial charge in [-0.3, -0.25) is 0 Å². The number of rotatable bonds is 3. The minimum atomic E-state index is 0.240. The molecule has 0 fully saturated rings. The predicted octanol–water partition coefficient (Wildman–Crippen LogP) is 5.71. The van der Waals surface area contributed by atoms with Crippen LogP contribution in [-0.2, 0) is 5.41 Å². The lowest BCUT2D eigenvalue weighted by molar-refractivity contribution is 0.414. The van der Waals surface area contributed by atoms with E-state index in [4.69, 9.17) is 0 Å². The molecule has 1 rings (SSSR count). The van der Waals surface area contributed by atoms with Crippen molar-refractivity contribution in [3.8, 4) is 0 Å². The van der Waals surface area contributed by atoms with E-state index in [0.717, 1.165) is 0 Å². The van der Waals surface area contributed by atoms with Gasteiger partial charge < -0.3 is 0 Å². The summed E-state index contributed by atoms with van der Waals surface area (Å²) in [5, 5.41) is 0. The summed E-state index contributed by atoms with van der Waals surface area (Å²) in [5.41, 5.74) is 3.03. The van der Waals surface area contributed by atoms with Crippen LogP contribution in [0, 0.1) is 11.8 Å². The molecule has 0 aliphatic heterocycles. The van der Waals surface area contributed by atoms with Gasteiger partial charge in [0.25, 0.3) is 0 Å². The molecule has 0 aliphatic carbocycles. The van der Waals surface area contributed by atoms with Gasteiger partial charge in [-0.25, -0.2) is 0 Å². The number of halogens is 1. The minimum absolute atomic E-state index is 0.240. The molecule has 0 nitrogen and oxygen atoms in total. The maximum absolute atomic E-state index is 3.83. The predicted molar refractivity (Wildman–Crippen MR) is 80.8 cm³/mol. The van der Waals surface area contributed by atoms with Gasteiger partial charge >= 0.3 is 0 Å². The summed E-state index contributed by atoms with van der Waals surface area (Å²) in [6, 6.07) is 9.05. The monoisotopic (exact) mass is 296 g/mol. The molecule has 0 aromatic heterocycles. The van der Waals surface area contributed by atoms with Crippen molar-refractivity contribution in [3.05, 3.63) is 35.4 Å². The average molecular weight is 297 g/mol. The van der Waals surface area contributed by atoms with E-state index in [1.54, 1.807) is 0 Å². The number of hydrogen-bond acceptors (Lipinski definition) is 0. The maximum Gasteiger partial charge on any atom is 0.0423 e. The Labute approximate surface area is 115 Å². The number of alkyl halides is 1. The van der Waals surface area contributed by atoms with Crippen molar-refractivity contribution in [1.29, 1.82) is 0 Å². The summed E-state index contributed by atoms with van der Waals surface area (Å²) in [7, 11) is 0. The molecule has 0 N–H and O–H groups in total. The zero-order valence-corrected chi connectivity index (χ0v) is 13.5. The van der Waals surface area contributed by atoms with Crippen molar-refractivity contribution < 1.29 is 0 Å². The molecule has 0 spiro atoms. The highest BCUT2D eigenvalue weighted by molar-refractivity contribution is 9.09. The Hall–Kier alpha value is -0.300. The number of benzene rings is 1. The Kier molecular flexibility index (Phi) is 4.83. The zero-order valence-electron chi connectivity index (χ0n) is 11.9. The van der Waals surface area contributed by atoms with Crippen LogP contribution in [-0.4, -0.2) is 0 Å². The van der Waals surface area contributed by atoms with Crippen LogP contribution in [0.4, 0.5) is 0 Å². The van der Waals surface area contributed by atoms with Gasteiger partial charge in [-0.05, 0) is 28.4 Å². The topological polar surface area (TPSA) is 0 Å². The van der Waals surface area contributed by atoms with Gasteiger partial charge in [0.2, 0.25) is 0 Å². The molecule has 0 radical (unpaired) electrons. The molecule has 1 heteroatoms. The SMILES string of the molecule is CC(C)C(C)C(Br)c1ccc(C(C)(C)C)cc1. The molecule has 0 amide bonds. The van der Waals surface area contributed by atoms with Gasteiger partial charge in [-0.2, -0.15) is 0 Å². The Bertz CT molecular complexity index is 343. The Morgan fingerprint density at radius 2 is 1.41 bits per heavy atom. The van der Waals surface area contributed by atoms with E-state index < -0.39 is 0 Å². The van der Waals surface area contributed by atoms with E-state index in [1.807, 2.05) is 0 Å². The highest BCUT2D eigenvalue weighted by atomic mass is 79.9. The first-order chi connectivity index (χ1) is 7.73. The highest BCUT2D eigenvalue weighted by Crippen LogP contribution is 2.36. The summed E-state index contributed by atoms with van der Waals surface area (Å²) in [4.78, 5) is 0.455. The fourth-order valence-corrected chi connectivity index (χ4v) is 2.72. The van der Waals surface area contributed by atoms with E-state index in [1.165, 1.54) is 11.1 Å². The van der Waals surface area contributed by atoms with Crippen molar-refractivity contribution >= 4 is 15.9 Å². The molecule has 17 heavy (non-hydrogen) atoms. The molecular formula is C16H25Br. The second-order valence-electron chi connectivity index (χ2n) is 6.38. The minimum Gasteiger partial charge on any atom is -0.0836 e. The molecule has 2 unspecified atom stereocenters. The molecule has 0 heterocycles. The summed E-state index contributed by atoms with van der Waals surface area (Å²) < 4.78 is 0. The quantitative estimate of drug-likeness (QED) is 0.627. The van der Waals surface area contributed by atoms with Crippen LogP contribution in [0.15, 0.2) is 24.3 Å². The van der Waals surface area contributed by atoms with Crippen LogP contribution < -0.4 is 0 Å². The second-order valence-corrected chi connectivity index (χ2v) is 7.36. The first kappa shape index (κ1) is 14.8. The third-order valence-electron chi connectivity index (χ3n) is 3.61. The maximum atomic E-state index is 3.83. The van der Waals surface area contributed by atoms with Crippen LogP contribution in [0.25, 0.3) is 0 Å². The van der Waals surface area contributed by atoms with Gasteiger partial charge in [0.1, 0.15) is 0 Å². The normalized spacial score (nSPS) is 16.0. The zero-order chi connectivity index (χ0) is 13.2. The third kappa shape index (κ3) is 3.84. The molecular weight excluding hydrogens is 272 g/mol. The lowest BCUT2D eigenvalue weighted by Crippen LogP contribution is -2.13. The summed E-state index contributed by atoms with van der Waals surface area (Å²) in [6.07, 6.45) is 0. The van der Waals surface area contributed by atoms with Gasteiger partial charge in [0.15, 0.2) is 0 Å². The molecule has 0 saturated carbocycles. The van der Waals surface area contributed by atoms with Crippen molar-refractivity contribution in [2.75, 3.05) is 0 Å². The Balaban J connectivity index is 2.88. The Morgan fingerprint density at radius 1 is 0.941 bits per heavy atom. The summed E-state index contributed by atoms with van der Waals surface area (Å²) in [6.45, 7) is 13.6. The lowest BCUT2D eigenvalue weighted by Gasteiger charge is -2.24. The summed E-state index contributed by atoms with van der Waals surface area (Å²) in [5.74, 6) is 1.34. The Morgan fingerprint density at radius 3 is 1.76 bits per heavy atom. The second kappa shape index (κ2) is 5.56. The first-order valence-electron chi connectivity index (χ1n) is 6.48. The standard InChI is InChI=1S/C16H25Br/c1-11(2)12(3)15(17)13-7-9-14(10-8-13)16(4,5)6/h7-12,15H,1-6H3. The molecule has 1 aromatic carbocycles. The van der Waals surface area contributed by atoms with E-state index in [-0.39, 0.29) is 5.41 Å². The average Bonchev–Trinajstić information content (AvgIpc) is 2.26. The van der Waals surface area contributed by atoms with Crippen molar-refractivity contribution in [1.82, 2.24) is 0 Å². The third-order valence-corrected chi connectivity index (χ3v) is 4.97. The molecule has 96 valence electrons.